The molecule has 2 aromatic rings. The number of anilines is 1. The summed E-state index contributed by atoms with van der Waals surface area (Å²) in [5, 5.41) is 8.87. The molecule has 0 aliphatic carbocycles. The van der Waals surface area contributed by atoms with Gasteiger partial charge in [-0.1, -0.05) is 37.3 Å². The Morgan fingerprint density at radius 3 is 2.52 bits per heavy atom. The molecule has 1 aliphatic heterocycles. The lowest BCUT2D eigenvalue weighted by atomic mass is 10.1. The lowest BCUT2D eigenvalue weighted by Gasteiger charge is -2.31. The van der Waals surface area contributed by atoms with E-state index in [4.69, 9.17) is 0 Å². The van der Waals surface area contributed by atoms with Gasteiger partial charge in [-0.2, -0.15) is 0 Å². The summed E-state index contributed by atoms with van der Waals surface area (Å²) in [6, 6.07) is 11.4. The van der Waals surface area contributed by atoms with E-state index in [1.54, 1.807) is 6.07 Å². The second-order valence-electron chi connectivity index (χ2n) is 7.87. The monoisotopic (exact) mass is 475 g/mol. The van der Waals surface area contributed by atoms with E-state index < -0.39 is 31.6 Å². The van der Waals surface area contributed by atoms with Crippen LogP contribution in [0.2, 0.25) is 0 Å². The zero-order valence-electron chi connectivity index (χ0n) is 18.5. The largest absolute Gasteiger partial charge is 0.385 e. The van der Waals surface area contributed by atoms with Crippen molar-refractivity contribution in [2.75, 3.05) is 44.2 Å². The lowest BCUT2D eigenvalue weighted by Crippen LogP contribution is -2.55. The van der Waals surface area contributed by atoms with Crippen LogP contribution in [0.5, 0.6) is 0 Å². The van der Waals surface area contributed by atoms with Crippen molar-refractivity contribution in [2.24, 2.45) is 0 Å². The third-order valence-electron chi connectivity index (χ3n) is 5.16. The van der Waals surface area contributed by atoms with Crippen molar-refractivity contribution in [1.29, 1.82) is 0 Å². The fourth-order valence-corrected chi connectivity index (χ4v) is 4.26. The van der Waals surface area contributed by atoms with Crippen LogP contribution in [-0.4, -0.2) is 76.4 Å². The predicted molar refractivity (Wildman–Crippen MR) is 126 cm³/mol. The summed E-state index contributed by atoms with van der Waals surface area (Å²) in [6.07, 6.45) is 0.106. The minimum Gasteiger partial charge on any atom is -0.385 e. The fourth-order valence-electron chi connectivity index (χ4n) is 3.54. The van der Waals surface area contributed by atoms with Crippen LogP contribution in [0.3, 0.4) is 0 Å². The molecule has 5 N–H and O–H groups in total. The van der Waals surface area contributed by atoms with Gasteiger partial charge >= 0.3 is 7.60 Å². The van der Waals surface area contributed by atoms with Crippen molar-refractivity contribution in [3.63, 3.8) is 0 Å². The number of hydrogen-bond donors (Lipinski definition) is 5. The molecule has 1 atom stereocenters. The molecule has 2 amide bonds. The van der Waals surface area contributed by atoms with Gasteiger partial charge in [0.25, 0.3) is 5.91 Å². The summed E-state index contributed by atoms with van der Waals surface area (Å²) in [7, 11) is -4.57. The number of aromatic nitrogens is 1. The smallest absolute Gasteiger partial charge is 0.328 e. The molecule has 1 aromatic carbocycles. The Morgan fingerprint density at radius 2 is 1.88 bits per heavy atom. The first-order valence-electron chi connectivity index (χ1n) is 10.9. The third kappa shape index (κ3) is 7.36. The molecule has 0 radical (unpaired) electrons. The minimum atomic E-state index is -4.57. The maximum atomic E-state index is 13.1. The van der Waals surface area contributed by atoms with Gasteiger partial charge in [0.15, 0.2) is 0 Å². The normalized spacial score (nSPS) is 15.1. The molecule has 1 aliphatic rings. The molecule has 0 saturated carbocycles. The highest BCUT2D eigenvalue weighted by molar-refractivity contribution is 7.51. The second kappa shape index (κ2) is 11.4. The molecule has 1 aromatic heterocycles. The first-order valence-corrected chi connectivity index (χ1v) is 12.7. The van der Waals surface area contributed by atoms with Gasteiger partial charge in [0, 0.05) is 44.0 Å². The number of carbonyl (C=O) groups is 2. The Morgan fingerprint density at radius 1 is 1.18 bits per heavy atom. The van der Waals surface area contributed by atoms with Gasteiger partial charge in [-0.15, -0.1) is 0 Å². The van der Waals surface area contributed by atoms with Crippen LogP contribution in [0.15, 0.2) is 42.5 Å². The van der Waals surface area contributed by atoms with Crippen molar-refractivity contribution in [1.82, 2.24) is 20.5 Å². The topological polar surface area (TPSA) is 144 Å². The van der Waals surface area contributed by atoms with Crippen molar-refractivity contribution in [3.8, 4) is 11.3 Å². The standard InChI is InChI=1S/C22H30N5O5P/c1-2-8-24-17-13-18(16-6-4-3-5-7-16)25-19(14-17)21(28)26-20(15-33(30,31)32)22(29)27-11-9-23-10-12-27/h3-7,13-14,20,23H,2,8-12,15H2,1H3,(H,24,25)(H,26,28)(H2,30,31,32). The summed E-state index contributed by atoms with van der Waals surface area (Å²) < 4.78 is 11.7. The summed E-state index contributed by atoms with van der Waals surface area (Å²) in [6.45, 7) is 4.68. The van der Waals surface area contributed by atoms with Gasteiger partial charge in [0.05, 0.1) is 11.9 Å². The average Bonchev–Trinajstić information content (AvgIpc) is 2.82. The number of benzene rings is 1. The summed E-state index contributed by atoms with van der Waals surface area (Å²) in [5.41, 5.74) is 2.13. The van der Waals surface area contributed by atoms with E-state index >= 15 is 0 Å². The predicted octanol–water partition coefficient (Wildman–Crippen LogP) is 1.28. The number of carbonyl (C=O) groups excluding carboxylic acids is 2. The van der Waals surface area contributed by atoms with E-state index in [0.29, 0.717) is 44.1 Å². The third-order valence-corrected chi connectivity index (χ3v) is 6.00. The summed E-state index contributed by atoms with van der Waals surface area (Å²) in [4.78, 5) is 51.0. The number of hydrogen-bond acceptors (Lipinski definition) is 6. The second-order valence-corrected chi connectivity index (χ2v) is 9.56. The SMILES string of the molecule is CCCNc1cc(C(=O)NC(CP(=O)(O)O)C(=O)N2CCNCC2)nc(-c2ccccc2)c1. The Labute approximate surface area is 193 Å². The quantitative estimate of drug-likeness (QED) is 0.341. The maximum Gasteiger partial charge on any atom is 0.328 e. The van der Waals surface area contributed by atoms with Crippen molar-refractivity contribution >= 4 is 25.1 Å². The zero-order chi connectivity index (χ0) is 23.8. The number of piperazine rings is 1. The number of pyridine rings is 1. The Hall–Kier alpha value is -2.78. The average molecular weight is 475 g/mol. The maximum absolute atomic E-state index is 13.1. The van der Waals surface area contributed by atoms with E-state index in [-0.39, 0.29) is 5.69 Å². The zero-order valence-corrected chi connectivity index (χ0v) is 19.4. The molecular weight excluding hydrogens is 445 g/mol. The molecule has 33 heavy (non-hydrogen) atoms. The van der Waals surface area contributed by atoms with Crippen molar-refractivity contribution < 1.29 is 23.9 Å². The van der Waals surface area contributed by atoms with E-state index in [0.717, 1.165) is 12.0 Å². The number of amides is 2. The van der Waals surface area contributed by atoms with E-state index in [9.17, 15) is 23.9 Å². The van der Waals surface area contributed by atoms with Crippen LogP contribution in [0.25, 0.3) is 11.3 Å². The van der Waals surface area contributed by atoms with Crippen LogP contribution < -0.4 is 16.0 Å². The molecule has 11 heteroatoms. The first kappa shape index (κ1) is 24.9. The highest BCUT2D eigenvalue weighted by atomic mass is 31.2. The van der Waals surface area contributed by atoms with Crippen LogP contribution in [0, 0.1) is 0 Å². The highest BCUT2D eigenvalue weighted by Crippen LogP contribution is 2.35. The Balaban J connectivity index is 1.88. The molecule has 1 unspecified atom stereocenters. The number of nitrogens with one attached hydrogen (secondary N) is 3. The van der Waals surface area contributed by atoms with Crippen LogP contribution >= 0.6 is 7.60 Å². The van der Waals surface area contributed by atoms with E-state index in [2.05, 4.69) is 20.9 Å². The van der Waals surface area contributed by atoms with E-state index in [1.807, 2.05) is 43.3 Å². The van der Waals surface area contributed by atoms with Crippen molar-refractivity contribution in [3.05, 3.63) is 48.2 Å². The lowest BCUT2D eigenvalue weighted by molar-refractivity contribution is -0.133. The van der Waals surface area contributed by atoms with Crippen LogP contribution in [0.1, 0.15) is 23.8 Å². The molecule has 178 valence electrons. The highest BCUT2D eigenvalue weighted by Gasteiger charge is 2.33. The number of rotatable bonds is 9. The van der Waals surface area contributed by atoms with E-state index in [1.165, 1.54) is 4.90 Å². The fraction of sp³-hybridized carbons (Fsp3) is 0.409. The number of nitrogens with zero attached hydrogens (tertiary/aromatic N) is 2. The van der Waals surface area contributed by atoms with Gasteiger partial charge in [0.2, 0.25) is 5.91 Å². The Kier molecular flexibility index (Phi) is 8.57. The molecule has 1 saturated heterocycles. The van der Waals surface area contributed by atoms with Crippen molar-refractivity contribution in [2.45, 2.75) is 19.4 Å². The van der Waals surface area contributed by atoms with Gasteiger partial charge < -0.3 is 30.6 Å². The first-order chi connectivity index (χ1) is 15.8. The summed E-state index contributed by atoms with van der Waals surface area (Å²) in [5.74, 6) is -1.19. The van der Waals surface area contributed by atoms with Gasteiger partial charge in [-0.3, -0.25) is 14.2 Å². The molecule has 10 nitrogen and oxygen atoms in total. The van der Waals surface area contributed by atoms with Crippen LogP contribution in [-0.2, 0) is 9.36 Å². The Bertz CT molecular complexity index is 1010. The minimum absolute atomic E-state index is 0.0544. The van der Waals surface area contributed by atoms with Gasteiger partial charge in [-0.05, 0) is 18.6 Å². The molecule has 3 rings (SSSR count). The van der Waals surface area contributed by atoms with Gasteiger partial charge in [-0.25, -0.2) is 4.98 Å². The van der Waals surface area contributed by atoms with Crippen LogP contribution in [0.4, 0.5) is 5.69 Å². The van der Waals surface area contributed by atoms with Gasteiger partial charge in [0.1, 0.15) is 11.7 Å². The molecular formula is C22H30N5O5P. The molecule has 0 spiro atoms. The molecule has 1 fully saturated rings. The summed E-state index contributed by atoms with van der Waals surface area (Å²) >= 11 is 0. The molecule has 0 bridgehead atoms. The molecule has 2 heterocycles.